The Bertz CT molecular complexity index is 1020. The van der Waals surface area contributed by atoms with Gasteiger partial charge in [0.05, 0.1) is 16.2 Å². The van der Waals surface area contributed by atoms with Crippen LogP contribution in [0.25, 0.3) is 0 Å². The second-order valence-electron chi connectivity index (χ2n) is 8.63. The lowest BCUT2D eigenvalue weighted by atomic mass is 9.96. The first kappa shape index (κ1) is 22.7. The van der Waals surface area contributed by atoms with Crippen molar-refractivity contribution in [3.63, 3.8) is 0 Å². The van der Waals surface area contributed by atoms with Crippen molar-refractivity contribution < 1.29 is 13.2 Å². The molecule has 0 saturated carbocycles. The molecule has 0 radical (unpaired) electrons. The Balaban J connectivity index is 1.36. The zero-order valence-corrected chi connectivity index (χ0v) is 19.5. The molecule has 7 nitrogen and oxygen atoms in total. The van der Waals surface area contributed by atoms with Crippen molar-refractivity contribution in [2.75, 3.05) is 56.5 Å². The summed E-state index contributed by atoms with van der Waals surface area (Å²) in [5.74, 6) is 1.26. The van der Waals surface area contributed by atoms with Gasteiger partial charge in [-0.25, -0.2) is 13.4 Å². The van der Waals surface area contributed by atoms with E-state index < -0.39 is 9.84 Å². The molecule has 1 aromatic heterocycles. The number of benzene rings is 1. The first-order chi connectivity index (χ1) is 15.5. The molecule has 3 heterocycles. The number of carbonyl (C=O) groups excluding carboxylic acids is 1. The van der Waals surface area contributed by atoms with E-state index in [1.807, 2.05) is 23.2 Å². The average molecular weight is 457 g/mol. The number of hydrogen-bond acceptors (Lipinski definition) is 6. The molecule has 1 aromatic carbocycles. The van der Waals surface area contributed by atoms with Crippen LogP contribution in [0.3, 0.4) is 0 Å². The molecule has 0 N–H and O–H groups in total. The second-order valence-corrected chi connectivity index (χ2v) is 10.9. The molecule has 2 aromatic rings. The fourth-order valence-electron chi connectivity index (χ4n) is 4.70. The quantitative estimate of drug-likeness (QED) is 0.665. The number of carbonyl (C=O) groups is 1. The Morgan fingerprint density at radius 3 is 2.50 bits per heavy atom. The van der Waals surface area contributed by atoms with Gasteiger partial charge in [-0.05, 0) is 43.0 Å². The van der Waals surface area contributed by atoms with Gasteiger partial charge in [-0.3, -0.25) is 9.69 Å². The third-order valence-electron chi connectivity index (χ3n) is 6.50. The van der Waals surface area contributed by atoms with Crippen LogP contribution < -0.4 is 4.90 Å². The fraction of sp³-hybridized carbons (Fsp3) is 0.500. The van der Waals surface area contributed by atoms with E-state index in [1.54, 1.807) is 31.2 Å². The maximum Gasteiger partial charge on any atom is 0.255 e. The summed E-state index contributed by atoms with van der Waals surface area (Å²) in [6.45, 7) is 7.82. The molecule has 0 bridgehead atoms. The minimum atomic E-state index is -3.44. The van der Waals surface area contributed by atoms with Crippen LogP contribution in [0.1, 0.15) is 30.1 Å². The fourth-order valence-corrected chi connectivity index (χ4v) is 5.79. The number of piperazine rings is 1. The monoisotopic (exact) mass is 456 g/mol. The summed E-state index contributed by atoms with van der Waals surface area (Å²) in [4.78, 5) is 24.5. The highest BCUT2D eigenvalue weighted by atomic mass is 32.2. The first-order valence-electron chi connectivity index (χ1n) is 11.5. The molecule has 2 aliphatic rings. The van der Waals surface area contributed by atoms with Gasteiger partial charge >= 0.3 is 0 Å². The number of nitrogens with zero attached hydrogens (tertiary/aromatic N) is 4. The lowest BCUT2D eigenvalue weighted by molar-refractivity contribution is 0.0633. The number of likely N-dealkylation sites (tertiary alicyclic amines) is 1. The van der Waals surface area contributed by atoms with E-state index in [0.717, 1.165) is 51.4 Å². The molecular weight excluding hydrogens is 424 g/mol. The number of pyridine rings is 1. The van der Waals surface area contributed by atoms with Crippen molar-refractivity contribution in [2.45, 2.75) is 24.7 Å². The maximum absolute atomic E-state index is 13.3. The summed E-state index contributed by atoms with van der Waals surface area (Å²) in [6.07, 6.45) is 3.88. The predicted molar refractivity (Wildman–Crippen MR) is 126 cm³/mol. The summed E-state index contributed by atoms with van der Waals surface area (Å²) in [7, 11) is -3.44. The number of aromatic nitrogens is 1. The standard InChI is InChI=1S/C24H32N4O3S/c1-2-32(30,31)22-10-4-3-9-21(22)24(29)28-13-7-8-20(19-28)18-26-14-16-27(17-15-26)23-11-5-6-12-25-23/h3-6,9-12,20H,2,7-8,13-19H2,1H3. The first-order valence-corrected chi connectivity index (χ1v) is 13.1. The Kier molecular flexibility index (Phi) is 7.10. The van der Waals surface area contributed by atoms with Crippen molar-refractivity contribution in [1.82, 2.24) is 14.8 Å². The molecule has 1 atom stereocenters. The van der Waals surface area contributed by atoms with E-state index in [2.05, 4.69) is 20.9 Å². The smallest absolute Gasteiger partial charge is 0.255 e. The molecular formula is C24H32N4O3S. The minimum Gasteiger partial charge on any atom is -0.354 e. The van der Waals surface area contributed by atoms with E-state index in [9.17, 15) is 13.2 Å². The Morgan fingerprint density at radius 1 is 1.03 bits per heavy atom. The van der Waals surface area contributed by atoms with Gasteiger partial charge in [0.1, 0.15) is 5.82 Å². The van der Waals surface area contributed by atoms with E-state index in [4.69, 9.17) is 0 Å². The van der Waals surface area contributed by atoms with Crippen LogP contribution in [-0.2, 0) is 9.84 Å². The molecule has 172 valence electrons. The van der Waals surface area contributed by atoms with E-state index >= 15 is 0 Å². The molecule has 1 amide bonds. The largest absolute Gasteiger partial charge is 0.354 e. The highest BCUT2D eigenvalue weighted by molar-refractivity contribution is 7.91. The molecule has 4 rings (SSSR count). The van der Waals surface area contributed by atoms with Gasteiger partial charge in [0.2, 0.25) is 0 Å². The van der Waals surface area contributed by atoms with Crippen LogP contribution in [-0.4, -0.2) is 80.7 Å². The van der Waals surface area contributed by atoms with E-state index in [-0.39, 0.29) is 16.6 Å². The lowest BCUT2D eigenvalue weighted by Crippen LogP contribution is -2.50. The SMILES string of the molecule is CCS(=O)(=O)c1ccccc1C(=O)N1CCCC(CN2CCN(c3ccccn3)CC2)C1. The summed E-state index contributed by atoms with van der Waals surface area (Å²) in [6, 6.07) is 12.6. The number of anilines is 1. The van der Waals surface area contributed by atoms with Crippen LogP contribution in [0.2, 0.25) is 0 Å². The van der Waals surface area contributed by atoms with Crippen molar-refractivity contribution in [3.8, 4) is 0 Å². The van der Waals surface area contributed by atoms with Crippen molar-refractivity contribution in [2.24, 2.45) is 5.92 Å². The third kappa shape index (κ3) is 5.13. The highest BCUT2D eigenvalue weighted by Gasteiger charge is 2.30. The van der Waals surface area contributed by atoms with Gasteiger partial charge in [-0.15, -0.1) is 0 Å². The minimum absolute atomic E-state index is 0.00953. The van der Waals surface area contributed by atoms with Crippen molar-refractivity contribution >= 4 is 21.6 Å². The molecule has 32 heavy (non-hydrogen) atoms. The van der Waals surface area contributed by atoms with Crippen molar-refractivity contribution in [3.05, 3.63) is 54.2 Å². The summed E-state index contributed by atoms with van der Waals surface area (Å²) in [5, 5.41) is 0. The van der Waals surface area contributed by atoms with Gasteiger partial charge in [-0.2, -0.15) is 0 Å². The second kappa shape index (κ2) is 10.0. The normalized spacial score (nSPS) is 20.3. The predicted octanol–water partition coefficient (Wildman–Crippen LogP) is 2.55. The third-order valence-corrected chi connectivity index (χ3v) is 8.29. The van der Waals surface area contributed by atoms with Crippen LogP contribution in [0.5, 0.6) is 0 Å². The molecule has 2 aliphatic heterocycles. The molecule has 2 fully saturated rings. The zero-order valence-electron chi connectivity index (χ0n) is 18.7. The lowest BCUT2D eigenvalue weighted by Gasteiger charge is -2.39. The van der Waals surface area contributed by atoms with E-state index in [1.165, 1.54) is 0 Å². The number of sulfone groups is 1. The summed E-state index contributed by atoms with van der Waals surface area (Å²) in [5.41, 5.74) is 0.305. The summed E-state index contributed by atoms with van der Waals surface area (Å²) >= 11 is 0. The van der Waals surface area contributed by atoms with Crippen molar-refractivity contribution in [1.29, 1.82) is 0 Å². The van der Waals surface area contributed by atoms with Crippen LogP contribution in [0.4, 0.5) is 5.82 Å². The number of rotatable bonds is 6. The molecule has 1 unspecified atom stereocenters. The maximum atomic E-state index is 13.3. The Labute approximate surface area is 191 Å². The zero-order chi connectivity index (χ0) is 22.6. The molecule has 2 saturated heterocycles. The van der Waals surface area contributed by atoms with Gasteiger partial charge in [0, 0.05) is 52.0 Å². The van der Waals surface area contributed by atoms with E-state index in [0.29, 0.717) is 24.6 Å². The number of hydrogen-bond donors (Lipinski definition) is 0. The Hall–Kier alpha value is -2.45. The molecule has 0 spiro atoms. The van der Waals surface area contributed by atoms with Crippen LogP contribution in [0.15, 0.2) is 53.6 Å². The Morgan fingerprint density at radius 2 is 1.78 bits per heavy atom. The van der Waals surface area contributed by atoms with Gasteiger partial charge < -0.3 is 9.80 Å². The van der Waals surface area contributed by atoms with Gasteiger partial charge in [-0.1, -0.05) is 25.1 Å². The number of piperidine rings is 1. The van der Waals surface area contributed by atoms with Crippen LogP contribution >= 0.6 is 0 Å². The van der Waals surface area contributed by atoms with Crippen LogP contribution in [0, 0.1) is 5.92 Å². The summed E-state index contributed by atoms with van der Waals surface area (Å²) < 4.78 is 25.0. The topological polar surface area (TPSA) is 73.8 Å². The van der Waals surface area contributed by atoms with Gasteiger partial charge in [0.15, 0.2) is 9.84 Å². The molecule has 0 aliphatic carbocycles. The average Bonchev–Trinajstić information content (AvgIpc) is 2.85. The highest BCUT2D eigenvalue weighted by Crippen LogP contribution is 2.24. The molecule has 8 heteroatoms. The van der Waals surface area contributed by atoms with Gasteiger partial charge in [0.25, 0.3) is 5.91 Å². The number of amides is 1.